The lowest BCUT2D eigenvalue weighted by Gasteiger charge is -2.10. The summed E-state index contributed by atoms with van der Waals surface area (Å²) < 4.78 is 0. The van der Waals surface area contributed by atoms with Crippen molar-refractivity contribution in [2.75, 3.05) is 5.32 Å². The summed E-state index contributed by atoms with van der Waals surface area (Å²) >= 11 is 8.57. The molecule has 2 aromatic rings. The van der Waals surface area contributed by atoms with Crippen molar-refractivity contribution in [2.24, 2.45) is 0 Å². The van der Waals surface area contributed by atoms with Crippen LogP contribution in [0.15, 0.2) is 34.7 Å². The second-order valence-electron chi connectivity index (χ2n) is 3.45. The number of amides is 1. The van der Waals surface area contributed by atoms with E-state index in [1.54, 1.807) is 17.6 Å². The number of carbonyl (C=O) groups excluding carboxylic acids is 1. The molecule has 1 aromatic heterocycles. The summed E-state index contributed by atoms with van der Waals surface area (Å²) in [6.45, 7) is 1.84. The minimum absolute atomic E-state index is 0.0910. The summed E-state index contributed by atoms with van der Waals surface area (Å²) in [7, 11) is 0. The van der Waals surface area contributed by atoms with Crippen LogP contribution in [-0.4, -0.2) is 21.4 Å². The molecule has 1 heterocycles. The molecule has 0 bridgehead atoms. The number of rotatable bonds is 4. The molecule has 0 fully saturated rings. The van der Waals surface area contributed by atoms with Gasteiger partial charge in [0.05, 0.1) is 5.25 Å². The Hall–Kier alpha value is -1.11. The summed E-state index contributed by atoms with van der Waals surface area (Å²) in [5.41, 5.74) is 1.58. The highest BCUT2D eigenvalue weighted by Gasteiger charge is 2.15. The molecule has 0 aliphatic rings. The van der Waals surface area contributed by atoms with Crippen LogP contribution in [-0.2, 0) is 4.79 Å². The summed E-state index contributed by atoms with van der Waals surface area (Å²) in [4.78, 5) is 12.9. The van der Waals surface area contributed by atoms with Gasteiger partial charge in [-0.25, -0.2) is 0 Å². The molecule has 0 unspecified atom stereocenters. The number of halogens is 1. The van der Waals surface area contributed by atoms with Crippen molar-refractivity contribution in [1.29, 1.82) is 0 Å². The van der Waals surface area contributed by atoms with E-state index >= 15 is 0 Å². The first-order chi connectivity index (χ1) is 8.65. The number of hydrogen-bond acceptors (Lipinski definition) is 5. The van der Waals surface area contributed by atoms with Gasteiger partial charge in [0, 0.05) is 9.92 Å². The van der Waals surface area contributed by atoms with Crippen LogP contribution in [0, 0.1) is 0 Å². The van der Waals surface area contributed by atoms with Crippen LogP contribution >= 0.6 is 34.7 Å². The highest BCUT2D eigenvalue weighted by atomic mass is 35.5. The van der Waals surface area contributed by atoms with Gasteiger partial charge in [0.15, 0.2) is 0 Å². The molecule has 4 nitrogen and oxygen atoms in total. The first-order valence-corrected chi connectivity index (χ1v) is 7.28. The van der Waals surface area contributed by atoms with E-state index in [0.717, 1.165) is 4.90 Å². The third kappa shape index (κ3) is 3.69. The first kappa shape index (κ1) is 13.3. The second kappa shape index (κ2) is 6.17. The fourth-order valence-corrected chi connectivity index (χ4v) is 2.65. The molecule has 7 heteroatoms. The summed E-state index contributed by atoms with van der Waals surface area (Å²) in [6, 6.07) is 7.39. The lowest BCUT2D eigenvalue weighted by atomic mass is 10.4. The van der Waals surface area contributed by atoms with E-state index in [9.17, 15) is 4.79 Å². The van der Waals surface area contributed by atoms with Gasteiger partial charge in [0.1, 0.15) is 5.51 Å². The molecule has 0 saturated heterocycles. The van der Waals surface area contributed by atoms with E-state index in [0.29, 0.717) is 10.2 Å². The number of hydrogen-bond donors (Lipinski definition) is 1. The number of nitrogens with zero attached hydrogens (tertiary/aromatic N) is 2. The van der Waals surface area contributed by atoms with Crippen molar-refractivity contribution < 1.29 is 4.79 Å². The Bertz CT molecular complexity index is 516. The zero-order chi connectivity index (χ0) is 13.0. The molecular formula is C11H10ClN3OS2. The third-order valence-electron chi connectivity index (χ3n) is 2.09. The molecule has 0 aliphatic carbocycles. The Kier molecular flexibility index (Phi) is 4.57. The number of anilines is 1. The topological polar surface area (TPSA) is 54.9 Å². The molecular weight excluding hydrogens is 290 g/mol. The highest BCUT2D eigenvalue weighted by Crippen LogP contribution is 2.25. The van der Waals surface area contributed by atoms with Crippen molar-refractivity contribution >= 4 is 45.7 Å². The van der Waals surface area contributed by atoms with E-state index in [1.165, 1.54) is 23.1 Å². The minimum atomic E-state index is -0.213. The van der Waals surface area contributed by atoms with Crippen LogP contribution in [0.3, 0.4) is 0 Å². The molecule has 0 radical (unpaired) electrons. The Morgan fingerprint density at radius 3 is 2.78 bits per heavy atom. The van der Waals surface area contributed by atoms with Gasteiger partial charge in [-0.2, -0.15) is 0 Å². The fourth-order valence-electron chi connectivity index (χ4n) is 1.21. The van der Waals surface area contributed by atoms with Crippen LogP contribution < -0.4 is 5.32 Å². The maximum Gasteiger partial charge on any atom is 0.239 e. The van der Waals surface area contributed by atoms with Crippen molar-refractivity contribution in [3.05, 3.63) is 34.8 Å². The smallest absolute Gasteiger partial charge is 0.239 e. The quantitative estimate of drug-likeness (QED) is 0.880. The van der Waals surface area contributed by atoms with Gasteiger partial charge >= 0.3 is 0 Å². The van der Waals surface area contributed by atoms with Crippen molar-refractivity contribution in [3.8, 4) is 0 Å². The third-order valence-corrected chi connectivity index (χ3v) is 4.06. The summed E-state index contributed by atoms with van der Waals surface area (Å²) in [6.07, 6.45) is 0. The average Bonchev–Trinajstić information content (AvgIpc) is 2.85. The predicted molar refractivity (Wildman–Crippen MR) is 75.3 cm³/mol. The van der Waals surface area contributed by atoms with Crippen LogP contribution in [0.4, 0.5) is 5.13 Å². The minimum Gasteiger partial charge on any atom is -0.300 e. The number of nitrogens with one attached hydrogen (secondary N) is 1. The van der Waals surface area contributed by atoms with Gasteiger partial charge in [-0.15, -0.1) is 22.0 Å². The largest absolute Gasteiger partial charge is 0.300 e. The lowest BCUT2D eigenvalue weighted by Crippen LogP contribution is -2.22. The summed E-state index contributed by atoms with van der Waals surface area (Å²) in [5.74, 6) is -0.0910. The van der Waals surface area contributed by atoms with Crippen molar-refractivity contribution in [2.45, 2.75) is 17.1 Å². The SMILES string of the molecule is C[C@H](Sc1ccc(Cl)cc1)C(=O)Nc1nncs1. The van der Waals surface area contributed by atoms with E-state index in [1.807, 2.05) is 19.1 Å². The Morgan fingerprint density at radius 2 is 2.17 bits per heavy atom. The van der Waals surface area contributed by atoms with E-state index in [4.69, 9.17) is 11.6 Å². The highest BCUT2D eigenvalue weighted by molar-refractivity contribution is 8.00. The van der Waals surface area contributed by atoms with Crippen molar-refractivity contribution in [1.82, 2.24) is 10.2 Å². The zero-order valence-corrected chi connectivity index (χ0v) is 11.9. The fraction of sp³-hybridized carbons (Fsp3) is 0.182. The second-order valence-corrected chi connectivity index (χ2v) is 6.13. The Morgan fingerprint density at radius 1 is 1.44 bits per heavy atom. The average molecular weight is 300 g/mol. The zero-order valence-electron chi connectivity index (χ0n) is 9.46. The van der Waals surface area contributed by atoms with Crippen molar-refractivity contribution in [3.63, 3.8) is 0 Å². The lowest BCUT2D eigenvalue weighted by molar-refractivity contribution is -0.115. The molecule has 1 atom stereocenters. The Balaban J connectivity index is 1.93. The monoisotopic (exact) mass is 299 g/mol. The molecule has 1 amide bonds. The van der Waals surface area contributed by atoms with Crippen LogP contribution in [0.1, 0.15) is 6.92 Å². The van der Waals surface area contributed by atoms with Gasteiger partial charge in [-0.05, 0) is 31.2 Å². The summed E-state index contributed by atoms with van der Waals surface area (Å²) in [5, 5.41) is 11.1. The molecule has 94 valence electrons. The standard InChI is InChI=1S/C11H10ClN3OS2/c1-7(10(16)14-11-15-13-6-17-11)18-9-4-2-8(12)3-5-9/h2-7H,1H3,(H,14,15,16)/t7-/m0/s1. The van der Waals surface area contributed by atoms with Crippen LogP contribution in [0.25, 0.3) is 0 Å². The normalized spacial score (nSPS) is 12.1. The molecule has 18 heavy (non-hydrogen) atoms. The number of thioether (sulfide) groups is 1. The van der Waals surface area contributed by atoms with Gasteiger partial charge in [-0.1, -0.05) is 22.9 Å². The molecule has 2 rings (SSSR count). The van der Waals surface area contributed by atoms with Gasteiger partial charge in [-0.3, -0.25) is 10.1 Å². The molecule has 1 N–H and O–H groups in total. The van der Waals surface area contributed by atoms with Gasteiger partial charge < -0.3 is 0 Å². The van der Waals surface area contributed by atoms with Gasteiger partial charge in [0.25, 0.3) is 0 Å². The van der Waals surface area contributed by atoms with Crippen LogP contribution in [0.2, 0.25) is 5.02 Å². The number of carbonyl (C=O) groups is 1. The molecule has 0 spiro atoms. The van der Waals surface area contributed by atoms with E-state index in [-0.39, 0.29) is 11.2 Å². The first-order valence-electron chi connectivity index (χ1n) is 5.14. The molecule has 0 aliphatic heterocycles. The van der Waals surface area contributed by atoms with E-state index < -0.39 is 0 Å². The number of aromatic nitrogens is 2. The van der Waals surface area contributed by atoms with Crippen LogP contribution in [0.5, 0.6) is 0 Å². The van der Waals surface area contributed by atoms with Gasteiger partial charge in [0.2, 0.25) is 11.0 Å². The van der Waals surface area contributed by atoms with E-state index in [2.05, 4.69) is 15.5 Å². The number of benzene rings is 1. The Labute approximate surface area is 118 Å². The predicted octanol–water partition coefficient (Wildman–Crippen LogP) is 3.31. The molecule has 1 aromatic carbocycles. The maximum atomic E-state index is 11.9. The molecule has 0 saturated carbocycles. The maximum absolute atomic E-state index is 11.9.